The predicted octanol–water partition coefficient (Wildman–Crippen LogP) is 4.97. The summed E-state index contributed by atoms with van der Waals surface area (Å²) < 4.78 is 0. The number of hydrogen-bond donors (Lipinski definition) is 0. The van der Waals surface area contributed by atoms with Crippen molar-refractivity contribution in [2.24, 2.45) is 4.99 Å². The van der Waals surface area contributed by atoms with E-state index in [4.69, 9.17) is 4.99 Å². The van der Waals surface area contributed by atoms with Crippen LogP contribution < -0.4 is 4.90 Å². The van der Waals surface area contributed by atoms with E-state index in [-0.39, 0.29) is 12.1 Å². The van der Waals surface area contributed by atoms with Crippen molar-refractivity contribution in [2.75, 3.05) is 23.7 Å². The maximum Gasteiger partial charge on any atom is 0.160 e. The number of pyridine rings is 1. The van der Waals surface area contributed by atoms with E-state index in [1.54, 1.807) is 0 Å². The Kier molecular flexibility index (Phi) is 4.79. The Hall–Kier alpha value is -2.01. The fraction of sp³-hybridized carbons (Fsp3) is 0.478. The van der Waals surface area contributed by atoms with E-state index in [0.717, 1.165) is 17.9 Å². The quantitative estimate of drug-likeness (QED) is 0.735. The molecule has 28 heavy (non-hydrogen) atoms. The molecule has 0 saturated carbocycles. The minimum Gasteiger partial charge on any atom is -0.371 e. The molecule has 1 aromatic heterocycles. The van der Waals surface area contributed by atoms with E-state index in [0.29, 0.717) is 6.04 Å². The van der Waals surface area contributed by atoms with Gasteiger partial charge in [0.1, 0.15) is 6.04 Å². The number of amidine groups is 1. The van der Waals surface area contributed by atoms with Gasteiger partial charge >= 0.3 is 0 Å². The van der Waals surface area contributed by atoms with Gasteiger partial charge in [0.2, 0.25) is 0 Å². The minimum atomic E-state index is 0.0788. The molecule has 3 aliphatic heterocycles. The van der Waals surface area contributed by atoms with Gasteiger partial charge in [-0.25, -0.2) is 0 Å². The van der Waals surface area contributed by atoms with Crippen LogP contribution in [0, 0.1) is 6.92 Å². The van der Waals surface area contributed by atoms with Crippen molar-refractivity contribution in [1.29, 1.82) is 0 Å². The largest absolute Gasteiger partial charge is 0.371 e. The van der Waals surface area contributed by atoms with Gasteiger partial charge < -0.3 is 9.80 Å². The van der Waals surface area contributed by atoms with Crippen LogP contribution in [0.4, 0.5) is 5.69 Å². The van der Waals surface area contributed by atoms with Gasteiger partial charge in [-0.1, -0.05) is 36.9 Å². The topological polar surface area (TPSA) is 31.7 Å². The summed E-state index contributed by atoms with van der Waals surface area (Å²) in [7, 11) is 0. The molecule has 3 aliphatic rings. The number of aliphatic imine (C=N–C) groups is 1. The molecule has 0 bridgehead atoms. The van der Waals surface area contributed by atoms with E-state index in [9.17, 15) is 0 Å². The smallest absolute Gasteiger partial charge is 0.160 e. The Labute approximate surface area is 172 Å². The van der Waals surface area contributed by atoms with E-state index in [1.165, 1.54) is 47.9 Å². The number of aromatic nitrogens is 1. The second-order valence-electron chi connectivity index (χ2n) is 8.08. The first kappa shape index (κ1) is 18.0. The summed E-state index contributed by atoms with van der Waals surface area (Å²) in [5, 5.41) is 1.20. The van der Waals surface area contributed by atoms with Gasteiger partial charge in [0.15, 0.2) is 5.17 Å². The Bertz CT molecular complexity index is 875. The molecular weight excluding hydrogens is 364 g/mol. The summed E-state index contributed by atoms with van der Waals surface area (Å²) in [5.41, 5.74) is 5.23. The molecule has 5 rings (SSSR count). The molecule has 1 aromatic carbocycles. The third-order valence-electron chi connectivity index (χ3n) is 6.34. The van der Waals surface area contributed by atoms with Crippen LogP contribution in [0.3, 0.4) is 0 Å². The van der Waals surface area contributed by atoms with E-state index in [2.05, 4.69) is 59.0 Å². The lowest BCUT2D eigenvalue weighted by molar-refractivity contribution is 0.255. The molecule has 0 aliphatic carbocycles. The molecule has 0 amide bonds. The van der Waals surface area contributed by atoms with Gasteiger partial charge in [0, 0.05) is 36.8 Å². The number of benzene rings is 1. The molecule has 4 nitrogen and oxygen atoms in total. The molecule has 4 heterocycles. The first-order valence-electron chi connectivity index (χ1n) is 10.5. The van der Waals surface area contributed by atoms with Crippen LogP contribution >= 0.6 is 11.8 Å². The zero-order valence-corrected chi connectivity index (χ0v) is 17.5. The van der Waals surface area contributed by atoms with Gasteiger partial charge in [-0.3, -0.25) is 9.98 Å². The molecule has 2 aromatic rings. The first-order chi connectivity index (χ1) is 13.8. The average molecular weight is 393 g/mol. The number of anilines is 1. The highest BCUT2D eigenvalue weighted by Crippen LogP contribution is 2.49. The molecule has 3 atom stereocenters. The van der Waals surface area contributed by atoms with Gasteiger partial charge in [0.05, 0.1) is 11.7 Å². The summed E-state index contributed by atoms with van der Waals surface area (Å²) in [6, 6.07) is 14.2. The van der Waals surface area contributed by atoms with Gasteiger partial charge in [-0.15, -0.1) is 0 Å². The second-order valence-corrected chi connectivity index (χ2v) is 9.06. The zero-order chi connectivity index (χ0) is 19.1. The van der Waals surface area contributed by atoms with Crippen LogP contribution in [-0.4, -0.2) is 39.9 Å². The lowest BCUT2D eigenvalue weighted by Gasteiger charge is -2.32. The highest BCUT2D eigenvalue weighted by Gasteiger charge is 2.45. The number of thioether (sulfide) groups is 1. The summed E-state index contributed by atoms with van der Waals surface area (Å²) in [6.07, 6.45) is 5.67. The Morgan fingerprint density at radius 2 is 2.00 bits per heavy atom. The number of rotatable bonds is 4. The monoisotopic (exact) mass is 392 g/mol. The molecule has 3 unspecified atom stereocenters. The molecule has 2 saturated heterocycles. The fourth-order valence-electron chi connectivity index (χ4n) is 4.89. The number of hydrogen-bond acceptors (Lipinski definition) is 5. The number of aryl methyl sites for hydroxylation is 1. The molecule has 0 spiro atoms. The Morgan fingerprint density at radius 3 is 2.71 bits per heavy atom. The van der Waals surface area contributed by atoms with Crippen LogP contribution in [0.15, 0.2) is 47.6 Å². The number of nitrogens with zero attached hydrogens (tertiary/aromatic N) is 4. The summed E-state index contributed by atoms with van der Waals surface area (Å²) in [5.74, 6) is 1.14. The van der Waals surface area contributed by atoms with Crippen molar-refractivity contribution >= 4 is 22.6 Å². The third kappa shape index (κ3) is 3.00. The van der Waals surface area contributed by atoms with E-state index >= 15 is 0 Å². The molecule has 0 radical (unpaired) electrons. The highest BCUT2D eigenvalue weighted by molar-refractivity contribution is 8.14. The van der Waals surface area contributed by atoms with Gasteiger partial charge in [0.25, 0.3) is 0 Å². The van der Waals surface area contributed by atoms with Gasteiger partial charge in [-0.05, 0) is 55.5 Å². The van der Waals surface area contributed by atoms with Gasteiger partial charge in [-0.2, -0.15) is 0 Å². The van der Waals surface area contributed by atoms with Crippen molar-refractivity contribution < 1.29 is 0 Å². The van der Waals surface area contributed by atoms with Crippen LogP contribution in [0.2, 0.25) is 0 Å². The van der Waals surface area contributed by atoms with Crippen LogP contribution in [0.5, 0.6) is 0 Å². The minimum absolute atomic E-state index is 0.0788. The van der Waals surface area contributed by atoms with E-state index < -0.39 is 0 Å². The molecule has 0 N–H and O–H groups in total. The average Bonchev–Trinajstić information content (AvgIpc) is 3.45. The standard InChI is InChI=1S/C23H28N4S/c1-3-18-15-28-23-25-21(19-8-4-5-11-24-19)22(27(18)23)17-9-10-20(16(2)14-17)26-12-6-7-13-26/h4-5,8-11,14,18,21-22H,3,6-7,12-13,15H2,1-2H3. The molecule has 5 heteroatoms. The normalized spacial score (nSPS) is 26.6. The first-order valence-corrected chi connectivity index (χ1v) is 11.5. The van der Waals surface area contributed by atoms with Crippen molar-refractivity contribution in [3.05, 3.63) is 59.4 Å². The van der Waals surface area contributed by atoms with Crippen LogP contribution in [0.25, 0.3) is 0 Å². The SMILES string of the molecule is CCC1CSC2=NC(c3ccccn3)C(c3ccc(N4CCCC4)c(C)c3)N21. The second kappa shape index (κ2) is 7.43. The Morgan fingerprint density at radius 1 is 1.14 bits per heavy atom. The molecule has 146 valence electrons. The maximum atomic E-state index is 5.14. The lowest BCUT2D eigenvalue weighted by Crippen LogP contribution is -2.35. The van der Waals surface area contributed by atoms with Crippen molar-refractivity contribution in [3.8, 4) is 0 Å². The fourth-order valence-corrected chi connectivity index (χ4v) is 6.22. The van der Waals surface area contributed by atoms with E-state index in [1.807, 2.05) is 24.0 Å². The highest BCUT2D eigenvalue weighted by atomic mass is 32.2. The Balaban J connectivity index is 1.54. The van der Waals surface area contributed by atoms with Crippen LogP contribution in [0.1, 0.15) is 55.1 Å². The van der Waals surface area contributed by atoms with Crippen molar-refractivity contribution in [1.82, 2.24) is 9.88 Å². The molecular formula is C23H28N4S. The summed E-state index contributed by atoms with van der Waals surface area (Å²) >= 11 is 1.91. The zero-order valence-electron chi connectivity index (χ0n) is 16.7. The summed E-state index contributed by atoms with van der Waals surface area (Å²) in [6.45, 7) is 6.93. The van der Waals surface area contributed by atoms with Crippen LogP contribution in [-0.2, 0) is 0 Å². The number of fused-ring (bicyclic) bond motifs is 1. The third-order valence-corrected chi connectivity index (χ3v) is 7.46. The van der Waals surface area contributed by atoms with Crippen molar-refractivity contribution in [2.45, 2.75) is 51.2 Å². The lowest BCUT2D eigenvalue weighted by atomic mass is 9.93. The predicted molar refractivity (Wildman–Crippen MR) is 118 cm³/mol. The van der Waals surface area contributed by atoms with Crippen molar-refractivity contribution in [3.63, 3.8) is 0 Å². The maximum absolute atomic E-state index is 5.14. The summed E-state index contributed by atoms with van der Waals surface area (Å²) in [4.78, 5) is 14.9. The molecule has 2 fully saturated rings.